The Bertz CT molecular complexity index is 522. The van der Waals surface area contributed by atoms with E-state index in [-0.39, 0.29) is 12.4 Å². The number of rotatable bonds is 4. The molecule has 0 aliphatic carbocycles. The van der Waals surface area contributed by atoms with Crippen molar-refractivity contribution in [3.05, 3.63) is 35.9 Å². The van der Waals surface area contributed by atoms with E-state index in [0.29, 0.717) is 17.3 Å². The molecule has 18 heavy (non-hydrogen) atoms. The lowest BCUT2D eigenvalue weighted by Gasteiger charge is -2.18. The first kappa shape index (κ1) is 12.7. The molecule has 0 spiro atoms. The van der Waals surface area contributed by atoms with E-state index in [0.717, 1.165) is 0 Å². The molecular formula is C12H14FN3O2. The van der Waals surface area contributed by atoms with Crippen LogP contribution in [0.3, 0.4) is 0 Å². The first-order chi connectivity index (χ1) is 8.53. The Morgan fingerprint density at radius 3 is 2.67 bits per heavy atom. The van der Waals surface area contributed by atoms with Crippen LogP contribution in [0.1, 0.15) is 12.7 Å². The van der Waals surface area contributed by atoms with Gasteiger partial charge < -0.3 is 15.0 Å². The van der Waals surface area contributed by atoms with Crippen LogP contribution < -0.4 is 5.73 Å². The van der Waals surface area contributed by atoms with Gasteiger partial charge in [-0.1, -0.05) is 5.16 Å². The molecule has 2 rings (SSSR count). The van der Waals surface area contributed by atoms with Gasteiger partial charge in [-0.05, 0) is 31.2 Å². The molecule has 5 nitrogen and oxygen atoms in total. The molecule has 1 aromatic carbocycles. The molecule has 1 atom stereocenters. The molecule has 6 heteroatoms. The maximum Gasteiger partial charge on any atom is 0.257 e. The van der Waals surface area contributed by atoms with Gasteiger partial charge in [0.1, 0.15) is 11.4 Å². The molecule has 2 aromatic rings. The topological polar surface area (TPSA) is 74.2 Å². The van der Waals surface area contributed by atoms with E-state index in [4.69, 9.17) is 15.0 Å². The molecule has 0 aliphatic rings. The van der Waals surface area contributed by atoms with Gasteiger partial charge in [0.2, 0.25) is 0 Å². The summed E-state index contributed by atoms with van der Waals surface area (Å²) in [5.41, 5.74) is 5.81. The number of nitrogens with two attached hydrogens (primary N) is 1. The van der Waals surface area contributed by atoms with Crippen molar-refractivity contribution < 1.29 is 13.7 Å². The van der Waals surface area contributed by atoms with Crippen LogP contribution in [-0.4, -0.2) is 23.9 Å². The van der Waals surface area contributed by atoms with Crippen molar-refractivity contribution in [2.75, 3.05) is 13.7 Å². The van der Waals surface area contributed by atoms with E-state index in [1.807, 2.05) is 0 Å². The first-order valence-corrected chi connectivity index (χ1v) is 5.41. The minimum atomic E-state index is -0.823. The zero-order valence-electron chi connectivity index (χ0n) is 10.2. The first-order valence-electron chi connectivity index (χ1n) is 5.41. The summed E-state index contributed by atoms with van der Waals surface area (Å²) in [7, 11) is 1.55. The molecule has 1 aromatic heterocycles. The summed E-state index contributed by atoms with van der Waals surface area (Å²) in [6.45, 7) is 2.02. The Morgan fingerprint density at radius 2 is 2.06 bits per heavy atom. The minimum absolute atomic E-state index is 0.273. The third kappa shape index (κ3) is 2.55. The van der Waals surface area contributed by atoms with E-state index < -0.39 is 5.54 Å². The number of nitrogens with zero attached hydrogens (tertiary/aromatic N) is 2. The van der Waals surface area contributed by atoms with Gasteiger partial charge >= 0.3 is 0 Å². The lowest BCUT2D eigenvalue weighted by atomic mass is 10.1. The number of benzene rings is 1. The Kier molecular flexibility index (Phi) is 3.40. The van der Waals surface area contributed by atoms with Crippen molar-refractivity contribution in [1.82, 2.24) is 10.1 Å². The predicted octanol–water partition coefficient (Wildman–Crippen LogP) is 1.70. The van der Waals surface area contributed by atoms with Crippen molar-refractivity contribution in [3.63, 3.8) is 0 Å². The third-order valence-electron chi connectivity index (χ3n) is 2.47. The molecule has 0 saturated carbocycles. The zero-order chi connectivity index (χ0) is 13.2. The second-order valence-corrected chi connectivity index (χ2v) is 4.28. The molecule has 0 aliphatic heterocycles. The molecule has 0 fully saturated rings. The fourth-order valence-electron chi connectivity index (χ4n) is 1.53. The smallest absolute Gasteiger partial charge is 0.257 e. The zero-order valence-corrected chi connectivity index (χ0v) is 10.2. The maximum absolute atomic E-state index is 12.8. The van der Waals surface area contributed by atoms with Crippen molar-refractivity contribution in [2.24, 2.45) is 5.73 Å². The molecule has 1 unspecified atom stereocenters. The number of ether oxygens (including phenoxy) is 1. The highest BCUT2D eigenvalue weighted by atomic mass is 19.1. The Labute approximate surface area is 104 Å². The SMILES string of the molecule is COCC(C)(N)c1noc(-c2ccc(F)cc2)n1. The van der Waals surface area contributed by atoms with Crippen LogP contribution in [0.4, 0.5) is 4.39 Å². The van der Waals surface area contributed by atoms with Crippen LogP contribution in [0.15, 0.2) is 28.8 Å². The van der Waals surface area contributed by atoms with Crippen molar-refractivity contribution in [1.29, 1.82) is 0 Å². The molecule has 2 N–H and O–H groups in total. The van der Waals surface area contributed by atoms with Gasteiger partial charge in [0, 0.05) is 12.7 Å². The van der Waals surface area contributed by atoms with Crippen LogP contribution in [0.2, 0.25) is 0 Å². The summed E-state index contributed by atoms with van der Waals surface area (Å²) in [5, 5.41) is 3.82. The second-order valence-electron chi connectivity index (χ2n) is 4.28. The number of hydrogen-bond donors (Lipinski definition) is 1. The van der Waals surface area contributed by atoms with Crippen LogP contribution >= 0.6 is 0 Å². The van der Waals surface area contributed by atoms with Crippen molar-refractivity contribution in [3.8, 4) is 11.5 Å². The summed E-state index contributed by atoms with van der Waals surface area (Å²) in [6.07, 6.45) is 0. The largest absolute Gasteiger partial charge is 0.382 e. The fraction of sp³-hybridized carbons (Fsp3) is 0.333. The van der Waals surface area contributed by atoms with Gasteiger partial charge in [-0.25, -0.2) is 4.39 Å². The van der Waals surface area contributed by atoms with Gasteiger partial charge in [0.15, 0.2) is 5.82 Å². The number of aromatic nitrogens is 2. The van der Waals surface area contributed by atoms with E-state index >= 15 is 0 Å². The molecular weight excluding hydrogens is 237 g/mol. The summed E-state index contributed by atoms with van der Waals surface area (Å²) in [6, 6.07) is 5.79. The van der Waals surface area contributed by atoms with Gasteiger partial charge in [-0.2, -0.15) is 4.98 Å². The van der Waals surface area contributed by atoms with E-state index in [1.165, 1.54) is 12.1 Å². The van der Waals surface area contributed by atoms with E-state index in [9.17, 15) is 4.39 Å². The lowest BCUT2D eigenvalue weighted by molar-refractivity contribution is 0.135. The minimum Gasteiger partial charge on any atom is -0.382 e. The van der Waals surface area contributed by atoms with Crippen molar-refractivity contribution >= 4 is 0 Å². The van der Waals surface area contributed by atoms with Crippen LogP contribution in [0.25, 0.3) is 11.5 Å². The normalized spacial score (nSPS) is 14.4. The summed E-state index contributed by atoms with van der Waals surface area (Å²) in [4.78, 5) is 4.20. The van der Waals surface area contributed by atoms with Gasteiger partial charge in [0.25, 0.3) is 5.89 Å². The fourth-order valence-corrected chi connectivity index (χ4v) is 1.53. The predicted molar refractivity (Wildman–Crippen MR) is 63.1 cm³/mol. The Hall–Kier alpha value is -1.79. The molecule has 96 valence electrons. The van der Waals surface area contributed by atoms with E-state index in [2.05, 4.69) is 10.1 Å². The highest BCUT2D eigenvalue weighted by Gasteiger charge is 2.27. The monoisotopic (exact) mass is 251 g/mol. The number of methoxy groups -OCH3 is 1. The van der Waals surface area contributed by atoms with Crippen molar-refractivity contribution in [2.45, 2.75) is 12.5 Å². The summed E-state index contributed by atoms with van der Waals surface area (Å²) >= 11 is 0. The van der Waals surface area contributed by atoms with Crippen LogP contribution in [-0.2, 0) is 10.3 Å². The molecule has 1 heterocycles. The average molecular weight is 251 g/mol. The van der Waals surface area contributed by atoms with Gasteiger partial charge in [-0.3, -0.25) is 0 Å². The maximum atomic E-state index is 12.8. The lowest BCUT2D eigenvalue weighted by Crippen LogP contribution is -2.38. The number of hydrogen-bond acceptors (Lipinski definition) is 5. The quantitative estimate of drug-likeness (QED) is 0.895. The number of halogens is 1. The summed E-state index contributed by atoms with van der Waals surface area (Å²) in [5.74, 6) is 0.336. The highest BCUT2D eigenvalue weighted by molar-refractivity contribution is 5.52. The average Bonchev–Trinajstić information content (AvgIpc) is 2.80. The Balaban J connectivity index is 2.28. The molecule has 0 bridgehead atoms. The molecule has 0 saturated heterocycles. The Morgan fingerprint density at radius 1 is 1.39 bits per heavy atom. The second kappa shape index (κ2) is 4.83. The van der Waals surface area contributed by atoms with Crippen LogP contribution in [0, 0.1) is 5.82 Å². The molecule has 0 amide bonds. The highest BCUT2D eigenvalue weighted by Crippen LogP contribution is 2.21. The van der Waals surface area contributed by atoms with Gasteiger partial charge in [-0.15, -0.1) is 0 Å². The standard InChI is InChI=1S/C12H14FN3O2/c1-12(14,7-17-2)11-15-10(18-16-11)8-3-5-9(13)6-4-8/h3-6H,7,14H2,1-2H3. The molecule has 0 radical (unpaired) electrons. The van der Waals surface area contributed by atoms with Gasteiger partial charge in [0.05, 0.1) is 6.61 Å². The summed E-state index contributed by atoms with van der Waals surface area (Å²) < 4.78 is 22.9. The third-order valence-corrected chi connectivity index (χ3v) is 2.47. The van der Waals surface area contributed by atoms with E-state index in [1.54, 1.807) is 26.2 Å². The van der Waals surface area contributed by atoms with Crippen LogP contribution in [0.5, 0.6) is 0 Å².